The van der Waals surface area contributed by atoms with Gasteiger partial charge in [0.05, 0.1) is 0 Å². The third-order valence-corrected chi connectivity index (χ3v) is 4.66. The third kappa shape index (κ3) is 6.01. The van der Waals surface area contributed by atoms with E-state index in [1.165, 1.54) is 38.5 Å². The van der Waals surface area contributed by atoms with Gasteiger partial charge in [-0.1, -0.05) is 52.4 Å². The molecule has 4 nitrogen and oxygen atoms in total. The van der Waals surface area contributed by atoms with Crippen LogP contribution in [0.25, 0.3) is 11.4 Å². The highest BCUT2D eigenvalue weighted by Crippen LogP contribution is 2.32. The van der Waals surface area contributed by atoms with Crippen molar-refractivity contribution >= 4 is 0 Å². The molecule has 2 heterocycles. The average molecular weight is 357 g/mol. The standard InChI is InChI=1S/C22H32N2O2/c1-3-5-7-9-11-17-13-15-19(25)21(23-17)22-20(26)16-14-18(24-22)12-10-8-6-4-2/h13-16,25-26H,3-12H2,1-2H3. The van der Waals surface area contributed by atoms with Crippen molar-refractivity contribution in [1.82, 2.24) is 9.97 Å². The van der Waals surface area contributed by atoms with Crippen molar-refractivity contribution in [3.8, 4) is 22.9 Å². The summed E-state index contributed by atoms with van der Waals surface area (Å²) < 4.78 is 0. The lowest BCUT2D eigenvalue weighted by Crippen LogP contribution is -1.98. The fourth-order valence-electron chi connectivity index (χ4n) is 3.08. The molecule has 4 heteroatoms. The van der Waals surface area contributed by atoms with E-state index in [2.05, 4.69) is 23.8 Å². The second kappa shape index (κ2) is 10.8. The zero-order valence-corrected chi connectivity index (χ0v) is 16.2. The zero-order chi connectivity index (χ0) is 18.8. The summed E-state index contributed by atoms with van der Waals surface area (Å²) in [7, 11) is 0. The van der Waals surface area contributed by atoms with E-state index in [1.807, 2.05) is 12.1 Å². The molecule has 0 atom stereocenters. The molecule has 0 fully saturated rings. The van der Waals surface area contributed by atoms with E-state index in [0.717, 1.165) is 37.1 Å². The monoisotopic (exact) mass is 356 g/mol. The van der Waals surface area contributed by atoms with Crippen LogP contribution in [-0.4, -0.2) is 20.2 Å². The van der Waals surface area contributed by atoms with Crippen LogP contribution in [0.4, 0.5) is 0 Å². The van der Waals surface area contributed by atoms with Crippen LogP contribution >= 0.6 is 0 Å². The molecule has 0 bridgehead atoms. The van der Waals surface area contributed by atoms with Crippen LogP contribution in [0.1, 0.15) is 76.6 Å². The molecule has 2 rings (SSSR count). The first-order valence-corrected chi connectivity index (χ1v) is 10.0. The number of pyridine rings is 2. The molecule has 26 heavy (non-hydrogen) atoms. The molecule has 2 N–H and O–H groups in total. The summed E-state index contributed by atoms with van der Waals surface area (Å²) in [5.41, 5.74) is 2.63. The second-order valence-electron chi connectivity index (χ2n) is 6.96. The average Bonchev–Trinajstić information content (AvgIpc) is 2.65. The first-order chi connectivity index (χ1) is 12.7. The molecule has 0 radical (unpaired) electrons. The van der Waals surface area contributed by atoms with Crippen LogP contribution in [0.2, 0.25) is 0 Å². The quantitative estimate of drug-likeness (QED) is 0.499. The molecule has 142 valence electrons. The lowest BCUT2D eigenvalue weighted by Gasteiger charge is -2.10. The largest absolute Gasteiger partial charge is 0.506 e. The smallest absolute Gasteiger partial charge is 0.143 e. The van der Waals surface area contributed by atoms with Crippen molar-refractivity contribution in [1.29, 1.82) is 0 Å². The van der Waals surface area contributed by atoms with Crippen LogP contribution in [0, 0.1) is 0 Å². The van der Waals surface area contributed by atoms with Crippen LogP contribution in [0.3, 0.4) is 0 Å². The van der Waals surface area contributed by atoms with E-state index >= 15 is 0 Å². The number of aromatic hydroxyl groups is 2. The highest BCUT2D eigenvalue weighted by molar-refractivity contribution is 5.68. The van der Waals surface area contributed by atoms with E-state index in [1.54, 1.807) is 12.1 Å². The van der Waals surface area contributed by atoms with Gasteiger partial charge in [-0.05, 0) is 49.9 Å². The van der Waals surface area contributed by atoms with Gasteiger partial charge in [0.2, 0.25) is 0 Å². The number of aryl methyl sites for hydroxylation is 2. The van der Waals surface area contributed by atoms with Crippen LogP contribution in [-0.2, 0) is 12.8 Å². The van der Waals surface area contributed by atoms with Gasteiger partial charge in [-0.2, -0.15) is 0 Å². The van der Waals surface area contributed by atoms with Gasteiger partial charge in [0.15, 0.2) is 0 Å². The van der Waals surface area contributed by atoms with Gasteiger partial charge >= 0.3 is 0 Å². The number of nitrogens with zero attached hydrogens (tertiary/aromatic N) is 2. The Morgan fingerprint density at radius 3 is 1.42 bits per heavy atom. The molecule has 0 saturated heterocycles. The predicted molar refractivity (Wildman–Crippen MR) is 106 cm³/mol. The Morgan fingerprint density at radius 2 is 1.04 bits per heavy atom. The third-order valence-electron chi connectivity index (χ3n) is 4.66. The first-order valence-electron chi connectivity index (χ1n) is 10.0. The highest BCUT2D eigenvalue weighted by atomic mass is 16.3. The lowest BCUT2D eigenvalue weighted by molar-refractivity contribution is 0.464. The van der Waals surface area contributed by atoms with E-state index in [-0.39, 0.29) is 11.5 Å². The Hall–Kier alpha value is -2.10. The molecule has 0 aromatic carbocycles. The molecular weight excluding hydrogens is 324 g/mol. The topological polar surface area (TPSA) is 66.2 Å². The van der Waals surface area contributed by atoms with E-state index in [4.69, 9.17) is 0 Å². The molecular formula is C22H32N2O2. The van der Waals surface area contributed by atoms with Gasteiger partial charge in [-0.3, -0.25) is 0 Å². The number of rotatable bonds is 11. The van der Waals surface area contributed by atoms with Crippen molar-refractivity contribution in [2.75, 3.05) is 0 Å². The summed E-state index contributed by atoms with van der Waals surface area (Å²) in [5, 5.41) is 20.5. The van der Waals surface area contributed by atoms with Gasteiger partial charge in [-0.15, -0.1) is 0 Å². The van der Waals surface area contributed by atoms with Crippen molar-refractivity contribution in [2.24, 2.45) is 0 Å². The van der Waals surface area contributed by atoms with E-state index < -0.39 is 0 Å². The van der Waals surface area contributed by atoms with Crippen molar-refractivity contribution in [3.05, 3.63) is 35.7 Å². The summed E-state index contributed by atoms with van der Waals surface area (Å²) in [4.78, 5) is 9.16. The molecule has 2 aromatic heterocycles. The van der Waals surface area contributed by atoms with Crippen molar-refractivity contribution < 1.29 is 10.2 Å². The normalized spacial score (nSPS) is 11.0. The summed E-state index contributed by atoms with van der Waals surface area (Å²) in [6.45, 7) is 4.39. The molecule has 0 aliphatic rings. The number of hydrogen-bond donors (Lipinski definition) is 2. The van der Waals surface area contributed by atoms with Crippen LogP contribution in [0.5, 0.6) is 11.5 Å². The molecule has 2 aromatic rings. The van der Waals surface area contributed by atoms with E-state index in [9.17, 15) is 10.2 Å². The molecule has 0 aliphatic heterocycles. The summed E-state index contributed by atoms with van der Waals surface area (Å²) >= 11 is 0. The minimum absolute atomic E-state index is 0.0632. The molecule has 0 spiro atoms. The Morgan fingerprint density at radius 1 is 0.615 bits per heavy atom. The highest BCUT2D eigenvalue weighted by Gasteiger charge is 2.14. The molecule has 0 aliphatic carbocycles. The Labute approximate surface area is 157 Å². The maximum absolute atomic E-state index is 10.2. The SMILES string of the molecule is CCCCCCc1ccc(O)c(-c2nc(CCCCCC)ccc2O)n1. The predicted octanol–water partition coefficient (Wildman–Crippen LogP) is 5.80. The van der Waals surface area contributed by atoms with Gasteiger partial charge in [-0.25, -0.2) is 9.97 Å². The maximum Gasteiger partial charge on any atom is 0.143 e. The number of unbranched alkanes of at least 4 members (excludes halogenated alkanes) is 6. The Bertz CT molecular complexity index is 626. The van der Waals surface area contributed by atoms with Gasteiger partial charge < -0.3 is 10.2 Å². The number of hydrogen-bond acceptors (Lipinski definition) is 4. The minimum Gasteiger partial charge on any atom is -0.506 e. The molecule has 0 unspecified atom stereocenters. The molecule has 0 saturated carbocycles. The van der Waals surface area contributed by atoms with Crippen LogP contribution in [0.15, 0.2) is 24.3 Å². The molecule has 0 amide bonds. The van der Waals surface area contributed by atoms with Gasteiger partial charge in [0, 0.05) is 11.4 Å². The Kier molecular flexibility index (Phi) is 8.39. The minimum atomic E-state index is 0.0632. The van der Waals surface area contributed by atoms with Crippen molar-refractivity contribution in [3.63, 3.8) is 0 Å². The summed E-state index contributed by atoms with van der Waals surface area (Å²) in [5.74, 6) is 0.126. The van der Waals surface area contributed by atoms with Gasteiger partial charge in [0.1, 0.15) is 22.9 Å². The summed E-state index contributed by atoms with van der Waals surface area (Å²) in [6.07, 6.45) is 11.2. The Balaban J connectivity index is 2.15. The summed E-state index contributed by atoms with van der Waals surface area (Å²) in [6, 6.07) is 7.03. The fraction of sp³-hybridized carbons (Fsp3) is 0.545. The lowest BCUT2D eigenvalue weighted by atomic mass is 10.1. The maximum atomic E-state index is 10.2. The van der Waals surface area contributed by atoms with E-state index in [0.29, 0.717) is 11.4 Å². The zero-order valence-electron chi connectivity index (χ0n) is 16.2. The van der Waals surface area contributed by atoms with Crippen molar-refractivity contribution in [2.45, 2.75) is 78.1 Å². The fourth-order valence-corrected chi connectivity index (χ4v) is 3.08. The first kappa shape index (κ1) is 20.2. The second-order valence-corrected chi connectivity index (χ2v) is 6.96. The van der Waals surface area contributed by atoms with Crippen LogP contribution < -0.4 is 0 Å². The number of aromatic nitrogens is 2. The van der Waals surface area contributed by atoms with Gasteiger partial charge in [0.25, 0.3) is 0 Å².